The first kappa shape index (κ1) is 12.1. The number of hydrogen-bond acceptors (Lipinski definition) is 2. The zero-order chi connectivity index (χ0) is 12.6. The fourth-order valence-corrected chi connectivity index (χ4v) is 2.05. The minimum absolute atomic E-state index is 0.398. The average molecular weight is 231 g/mol. The highest BCUT2D eigenvalue weighted by atomic mass is 15.3. The van der Waals surface area contributed by atoms with Crippen LogP contribution in [0.25, 0.3) is 5.52 Å². The minimum Gasteiger partial charge on any atom is -0.235 e. The average Bonchev–Trinajstić information content (AvgIpc) is 2.67. The van der Waals surface area contributed by atoms with Crippen LogP contribution in [0.5, 0.6) is 0 Å². The molecule has 0 aliphatic carbocycles. The van der Waals surface area contributed by atoms with Gasteiger partial charge in [0.1, 0.15) is 5.82 Å². The number of hydrogen-bond donors (Lipinski definition) is 0. The van der Waals surface area contributed by atoms with Crippen molar-refractivity contribution in [3.63, 3.8) is 0 Å². The van der Waals surface area contributed by atoms with Gasteiger partial charge in [0, 0.05) is 5.92 Å². The SMILES string of the molecule is CCc1ccc2c(C(C)C)nc(C(C)C)n2n1. The summed E-state index contributed by atoms with van der Waals surface area (Å²) in [6.45, 7) is 10.8. The lowest BCUT2D eigenvalue weighted by molar-refractivity contribution is 0.709. The summed E-state index contributed by atoms with van der Waals surface area (Å²) < 4.78 is 2.03. The van der Waals surface area contributed by atoms with Gasteiger partial charge in [-0.15, -0.1) is 0 Å². The van der Waals surface area contributed by atoms with Gasteiger partial charge in [-0.05, 0) is 24.5 Å². The van der Waals surface area contributed by atoms with Crippen LogP contribution in [0.2, 0.25) is 0 Å². The maximum Gasteiger partial charge on any atom is 0.133 e. The van der Waals surface area contributed by atoms with Crippen molar-refractivity contribution in [1.82, 2.24) is 14.6 Å². The van der Waals surface area contributed by atoms with Crippen LogP contribution in [0.15, 0.2) is 12.1 Å². The lowest BCUT2D eigenvalue weighted by atomic mass is 10.1. The molecular weight excluding hydrogens is 210 g/mol. The third-order valence-corrected chi connectivity index (χ3v) is 3.03. The van der Waals surface area contributed by atoms with Gasteiger partial charge in [0.15, 0.2) is 0 Å². The first-order valence-corrected chi connectivity index (χ1v) is 6.43. The quantitative estimate of drug-likeness (QED) is 0.808. The van der Waals surface area contributed by atoms with E-state index in [1.807, 2.05) is 4.52 Å². The van der Waals surface area contributed by atoms with Gasteiger partial charge >= 0.3 is 0 Å². The Bertz CT molecular complexity index is 523. The normalized spacial score (nSPS) is 11.9. The molecule has 0 aliphatic rings. The molecule has 0 N–H and O–H groups in total. The number of aryl methyl sites for hydroxylation is 1. The van der Waals surface area contributed by atoms with Gasteiger partial charge in [-0.3, -0.25) is 0 Å². The van der Waals surface area contributed by atoms with Crippen molar-refractivity contribution < 1.29 is 0 Å². The summed E-state index contributed by atoms with van der Waals surface area (Å²) in [4.78, 5) is 4.76. The molecule has 0 radical (unpaired) electrons. The van der Waals surface area contributed by atoms with E-state index in [1.165, 1.54) is 0 Å². The summed E-state index contributed by atoms with van der Waals surface area (Å²) >= 11 is 0. The van der Waals surface area contributed by atoms with Gasteiger partial charge in [-0.1, -0.05) is 34.6 Å². The van der Waals surface area contributed by atoms with Crippen LogP contribution in [-0.4, -0.2) is 14.6 Å². The second kappa shape index (κ2) is 4.47. The fourth-order valence-electron chi connectivity index (χ4n) is 2.05. The molecule has 2 aromatic heterocycles. The molecule has 0 unspecified atom stereocenters. The van der Waals surface area contributed by atoms with E-state index >= 15 is 0 Å². The largest absolute Gasteiger partial charge is 0.235 e. The van der Waals surface area contributed by atoms with E-state index in [1.54, 1.807) is 0 Å². The minimum atomic E-state index is 0.398. The Labute approximate surface area is 103 Å². The van der Waals surface area contributed by atoms with Crippen LogP contribution in [0.3, 0.4) is 0 Å². The molecule has 0 saturated heterocycles. The number of nitrogens with zero attached hydrogens (tertiary/aromatic N) is 3. The Morgan fingerprint density at radius 1 is 1.12 bits per heavy atom. The van der Waals surface area contributed by atoms with E-state index in [2.05, 4.69) is 51.9 Å². The molecule has 2 heterocycles. The second-order valence-corrected chi connectivity index (χ2v) is 5.14. The van der Waals surface area contributed by atoms with Gasteiger partial charge in [-0.2, -0.15) is 5.10 Å². The Kier molecular flexibility index (Phi) is 3.18. The molecule has 17 heavy (non-hydrogen) atoms. The Morgan fingerprint density at radius 3 is 2.35 bits per heavy atom. The van der Waals surface area contributed by atoms with Crippen LogP contribution in [0, 0.1) is 0 Å². The third kappa shape index (κ3) is 2.06. The van der Waals surface area contributed by atoms with Crippen LogP contribution >= 0.6 is 0 Å². The number of imidazole rings is 1. The fraction of sp³-hybridized carbons (Fsp3) is 0.571. The summed E-state index contributed by atoms with van der Waals surface area (Å²) in [5.74, 6) is 1.90. The monoisotopic (exact) mass is 231 g/mol. The Hall–Kier alpha value is -1.38. The predicted octanol–water partition coefficient (Wildman–Crippen LogP) is 3.54. The summed E-state index contributed by atoms with van der Waals surface area (Å²) in [6.07, 6.45) is 0.961. The molecule has 0 saturated carbocycles. The van der Waals surface area contributed by atoms with E-state index in [4.69, 9.17) is 4.98 Å². The van der Waals surface area contributed by atoms with Crippen LogP contribution < -0.4 is 0 Å². The molecule has 0 atom stereocenters. The van der Waals surface area contributed by atoms with E-state index < -0.39 is 0 Å². The topological polar surface area (TPSA) is 30.2 Å². The molecule has 2 aromatic rings. The molecule has 0 amide bonds. The van der Waals surface area contributed by atoms with Crippen LogP contribution in [-0.2, 0) is 6.42 Å². The Balaban J connectivity index is 2.72. The van der Waals surface area contributed by atoms with Crippen molar-refractivity contribution in [1.29, 1.82) is 0 Å². The van der Waals surface area contributed by atoms with Gasteiger partial charge in [-0.25, -0.2) is 9.50 Å². The molecule has 3 heteroatoms. The van der Waals surface area contributed by atoms with Crippen LogP contribution in [0.4, 0.5) is 0 Å². The lowest BCUT2D eigenvalue weighted by Gasteiger charge is -2.04. The maximum atomic E-state index is 4.76. The van der Waals surface area contributed by atoms with E-state index in [0.29, 0.717) is 11.8 Å². The van der Waals surface area contributed by atoms with Crippen molar-refractivity contribution in [2.75, 3.05) is 0 Å². The maximum absolute atomic E-state index is 4.76. The lowest BCUT2D eigenvalue weighted by Crippen LogP contribution is -2.02. The van der Waals surface area contributed by atoms with Gasteiger partial charge in [0.25, 0.3) is 0 Å². The molecule has 0 aliphatic heterocycles. The molecule has 0 spiro atoms. The predicted molar refractivity (Wildman–Crippen MR) is 70.5 cm³/mol. The highest BCUT2D eigenvalue weighted by molar-refractivity contribution is 5.54. The molecule has 92 valence electrons. The van der Waals surface area contributed by atoms with E-state index in [0.717, 1.165) is 29.1 Å². The van der Waals surface area contributed by atoms with Crippen molar-refractivity contribution in [3.8, 4) is 0 Å². The molecular formula is C14H21N3. The molecule has 0 bridgehead atoms. The molecule has 2 rings (SSSR count). The van der Waals surface area contributed by atoms with Crippen molar-refractivity contribution >= 4 is 5.52 Å². The summed E-state index contributed by atoms with van der Waals surface area (Å²) in [5, 5.41) is 4.67. The molecule has 3 nitrogen and oxygen atoms in total. The molecule has 0 aromatic carbocycles. The van der Waals surface area contributed by atoms with Gasteiger partial charge in [0.2, 0.25) is 0 Å². The van der Waals surface area contributed by atoms with Gasteiger partial charge in [0.05, 0.1) is 16.9 Å². The van der Waals surface area contributed by atoms with E-state index in [9.17, 15) is 0 Å². The van der Waals surface area contributed by atoms with E-state index in [-0.39, 0.29) is 0 Å². The first-order valence-electron chi connectivity index (χ1n) is 6.43. The zero-order valence-electron chi connectivity index (χ0n) is 11.4. The van der Waals surface area contributed by atoms with Crippen molar-refractivity contribution in [2.45, 2.75) is 52.9 Å². The third-order valence-electron chi connectivity index (χ3n) is 3.03. The number of rotatable bonds is 3. The standard InChI is InChI=1S/C14H21N3/c1-6-11-7-8-12-13(9(2)3)15-14(10(4)5)17(12)16-11/h7-10H,6H2,1-5H3. The first-order chi connectivity index (χ1) is 8.04. The zero-order valence-corrected chi connectivity index (χ0v) is 11.4. The van der Waals surface area contributed by atoms with Crippen molar-refractivity contribution in [3.05, 3.63) is 29.3 Å². The number of aromatic nitrogens is 3. The second-order valence-electron chi connectivity index (χ2n) is 5.14. The summed E-state index contributed by atoms with van der Waals surface area (Å²) in [6, 6.07) is 4.26. The number of fused-ring (bicyclic) bond motifs is 1. The van der Waals surface area contributed by atoms with Crippen molar-refractivity contribution in [2.24, 2.45) is 0 Å². The van der Waals surface area contributed by atoms with Gasteiger partial charge < -0.3 is 0 Å². The highest BCUT2D eigenvalue weighted by Gasteiger charge is 2.16. The van der Waals surface area contributed by atoms with Crippen LogP contribution in [0.1, 0.15) is 63.7 Å². The Morgan fingerprint density at radius 2 is 1.82 bits per heavy atom. The highest BCUT2D eigenvalue weighted by Crippen LogP contribution is 2.24. The summed E-state index contributed by atoms with van der Waals surface area (Å²) in [7, 11) is 0. The molecule has 0 fully saturated rings. The summed E-state index contributed by atoms with van der Waals surface area (Å²) in [5.41, 5.74) is 3.43. The smallest absolute Gasteiger partial charge is 0.133 e.